The molecular weight excluding hydrogens is 359 g/mol. The van der Waals surface area contributed by atoms with Crippen molar-refractivity contribution >= 4 is 16.8 Å². The number of aromatic nitrogens is 1. The van der Waals surface area contributed by atoms with Gasteiger partial charge in [-0.15, -0.1) is 0 Å². The highest BCUT2D eigenvalue weighted by molar-refractivity contribution is 5.95. The zero-order valence-corrected chi connectivity index (χ0v) is 16.0. The number of piperidine rings is 1. The summed E-state index contributed by atoms with van der Waals surface area (Å²) in [6.45, 7) is 1.35. The number of hydrogen-bond donors (Lipinski definition) is 1. The van der Waals surface area contributed by atoms with Crippen molar-refractivity contribution in [1.82, 2.24) is 9.88 Å². The van der Waals surface area contributed by atoms with Crippen LogP contribution in [0.2, 0.25) is 0 Å². The number of ether oxygens (including phenoxy) is 2. The van der Waals surface area contributed by atoms with Gasteiger partial charge in [0.25, 0.3) is 5.91 Å². The molecule has 146 valence electrons. The first-order valence-corrected chi connectivity index (χ1v) is 9.38. The molecule has 1 saturated heterocycles. The maximum Gasteiger partial charge on any atom is 0.254 e. The molecule has 0 unspecified atom stereocenters. The molecule has 28 heavy (non-hydrogen) atoms. The number of amides is 1. The van der Waals surface area contributed by atoms with E-state index in [2.05, 4.69) is 4.98 Å². The predicted octanol–water partition coefficient (Wildman–Crippen LogP) is 4.34. The number of hydrogen-bond acceptors (Lipinski definition) is 3. The molecule has 1 aliphatic heterocycles. The van der Waals surface area contributed by atoms with Crippen molar-refractivity contribution in [2.75, 3.05) is 27.3 Å². The molecule has 0 spiro atoms. The SMILES string of the molecule is COc1cc(OC)cc(C(=O)N2CCC(c3cc4cc(F)ccc4[nH]3)CC2)c1. The Morgan fingerprint density at radius 1 is 1.04 bits per heavy atom. The molecule has 1 N–H and O–H groups in total. The molecule has 0 bridgehead atoms. The maximum atomic E-state index is 13.4. The number of fused-ring (bicyclic) bond motifs is 1. The summed E-state index contributed by atoms with van der Waals surface area (Å²) < 4.78 is 24.0. The number of carbonyl (C=O) groups excluding carboxylic acids is 1. The molecule has 0 saturated carbocycles. The Morgan fingerprint density at radius 3 is 2.36 bits per heavy atom. The summed E-state index contributed by atoms with van der Waals surface area (Å²) in [5, 5.41) is 0.886. The first-order valence-electron chi connectivity index (χ1n) is 9.38. The first kappa shape index (κ1) is 18.3. The lowest BCUT2D eigenvalue weighted by atomic mass is 9.93. The lowest BCUT2D eigenvalue weighted by Crippen LogP contribution is -2.38. The normalized spacial score (nSPS) is 15.0. The Bertz CT molecular complexity index is 984. The molecule has 1 aromatic heterocycles. The van der Waals surface area contributed by atoms with E-state index in [1.54, 1.807) is 44.6 Å². The average Bonchev–Trinajstić information content (AvgIpc) is 3.16. The summed E-state index contributed by atoms with van der Waals surface area (Å²) in [4.78, 5) is 18.2. The summed E-state index contributed by atoms with van der Waals surface area (Å²) in [5.74, 6) is 1.28. The van der Waals surface area contributed by atoms with Gasteiger partial charge in [-0.25, -0.2) is 4.39 Å². The minimum Gasteiger partial charge on any atom is -0.497 e. The van der Waals surface area contributed by atoms with Crippen LogP contribution in [0.1, 0.15) is 34.8 Å². The van der Waals surface area contributed by atoms with Crippen LogP contribution in [-0.4, -0.2) is 43.1 Å². The largest absolute Gasteiger partial charge is 0.497 e. The molecule has 2 heterocycles. The summed E-state index contributed by atoms with van der Waals surface area (Å²) in [5.41, 5.74) is 2.62. The number of aromatic amines is 1. The third kappa shape index (κ3) is 3.54. The highest BCUT2D eigenvalue weighted by Crippen LogP contribution is 2.31. The average molecular weight is 382 g/mol. The van der Waals surface area contributed by atoms with E-state index in [1.165, 1.54) is 6.07 Å². The lowest BCUT2D eigenvalue weighted by molar-refractivity contribution is 0.0711. The third-order valence-corrected chi connectivity index (χ3v) is 5.42. The number of nitrogens with one attached hydrogen (secondary N) is 1. The fraction of sp³-hybridized carbons (Fsp3) is 0.318. The van der Waals surface area contributed by atoms with Crippen LogP contribution >= 0.6 is 0 Å². The Morgan fingerprint density at radius 2 is 1.71 bits per heavy atom. The van der Waals surface area contributed by atoms with Crippen LogP contribution in [0.25, 0.3) is 10.9 Å². The van der Waals surface area contributed by atoms with Crippen molar-refractivity contribution in [3.8, 4) is 11.5 Å². The molecule has 0 aliphatic carbocycles. The zero-order valence-electron chi connectivity index (χ0n) is 16.0. The van der Waals surface area contributed by atoms with Crippen molar-refractivity contribution in [3.05, 3.63) is 59.5 Å². The number of rotatable bonds is 4. The fourth-order valence-electron chi connectivity index (χ4n) is 3.85. The summed E-state index contributed by atoms with van der Waals surface area (Å²) >= 11 is 0. The molecule has 6 heteroatoms. The summed E-state index contributed by atoms with van der Waals surface area (Å²) in [7, 11) is 3.14. The van der Waals surface area contributed by atoms with Crippen molar-refractivity contribution < 1.29 is 18.7 Å². The van der Waals surface area contributed by atoms with Crippen molar-refractivity contribution in [1.29, 1.82) is 0 Å². The second-order valence-electron chi connectivity index (χ2n) is 7.12. The van der Waals surface area contributed by atoms with E-state index in [9.17, 15) is 9.18 Å². The monoisotopic (exact) mass is 382 g/mol. The number of methoxy groups -OCH3 is 2. The topological polar surface area (TPSA) is 54.6 Å². The number of nitrogens with zero attached hydrogens (tertiary/aromatic N) is 1. The number of halogens is 1. The van der Waals surface area contributed by atoms with Crippen LogP contribution in [0.3, 0.4) is 0 Å². The number of carbonyl (C=O) groups is 1. The Kier molecular flexibility index (Phi) is 4.94. The van der Waals surface area contributed by atoms with E-state index in [0.29, 0.717) is 36.1 Å². The van der Waals surface area contributed by atoms with Gasteiger partial charge in [-0.1, -0.05) is 0 Å². The second-order valence-corrected chi connectivity index (χ2v) is 7.12. The van der Waals surface area contributed by atoms with Gasteiger partial charge in [-0.3, -0.25) is 4.79 Å². The third-order valence-electron chi connectivity index (χ3n) is 5.42. The molecule has 3 aromatic rings. The van der Waals surface area contributed by atoms with Gasteiger partial charge in [0.1, 0.15) is 17.3 Å². The van der Waals surface area contributed by atoms with Crippen LogP contribution in [0.5, 0.6) is 11.5 Å². The fourth-order valence-corrected chi connectivity index (χ4v) is 3.85. The molecule has 1 aliphatic rings. The van der Waals surface area contributed by atoms with E-state index < -0.39 is 0 Å². The minimum absolute atomic E-state index is 0.0191. The van der Waals surface area contributed by atoms with Crippen LogP contribution in [0.4, 0.5) is 4.39 Å². The number of likely N-dealkylation sites (tertiary alicyclic amines) is 1. The van der Waals surface area contributed by atoms with Gasteiger partial charge < -0.3 is 19.4 Å². The van der Waals surface area contributed by atoms with Crippen molar-refractivity contribution in [2.24, 2.45) is 0 Å². The first-order chi connectivity index (χ1) is 13.6. The van der Waals surface area contributed by atoms with Gasteiger partial charge in [0.2, 0.25) is 0 Å². The molecular formula is C22H23FN2O3. The Balaban J connectivity index is 1.46. The van der Waals surface area contributed by atoms with E-state index in [0.717, 1.165) is 29.4 Å². The molecule has 5 nitrogen and oxygen atoms in total. The number of benzene rings is 2. The van der Waals surface area contributed by atoms with E-state index in [1.807, 2.05) is 11.0 Å². The Labute approximate surface area is 163 Å². The predicted molar refractivity (Wildman–Crippen MR) is 106 cm³/mol. The van der Waals surface area contributed by atoms with E-state index in [4.69, 9.17) is 9.47 Å². The van der Waals surface area contributed by atoms with Crippen LogP contribution in [-0.2, 0) is 0 Å². The number of H-pyrrole nitrogens is 1. The molecule has 2 aromatic carbocycles. The van der Waals surface area contributed by atoms with Crippen LogP contribution < -0.4 is 9.47 Å². The van der Waals surface area contributed by atoms with Crippen LogP contribution in [0, 0.1) is 5.82 Å². The van der Waals surface area contributed by atoms with Crippen molar-refractivity contribution in [2.45, 2.75) is 18.8 Å². The minimum atomic E-state index is -0.229. The smallest absolute Gasteiger partial charge is 0.254 e. The quantitative estimate of drug-likeness (QED) is 0.730. The maximum absolute atomic E-state index is 13.4. The Hall–Kier alpha value is -3.02. The van der Waals surface area contributed by atoms with Gasteiger partial charge >= 0.3 is 0 Å². The second kappa shape index (κ2) is 7.54. The van der Waals surface area contributed by atoms with Gasteiger partial charge in [0, 0.05) is 47.2 Å². The van der Waals surface area contributed by atoms with Gasteiger partial charge in [-0.05, 0) is 49.2 Å². The van der Waals surface area contributed by atoms with E-state index >= 15 is 0 Å². The highest BCUT2D eigenvalue weighted by atomic mass is 19.1. The van der Waals surface area contributed by atoms with Gasteiger partial charge in [-0.2, -0.15) is 0 Å². The van der Waals surface area contributed by atoms with E-state index in [-0.39, 0.29) is 11.7 Å². The molecule has 0 radical (unpaired) electrons. The zero-order chi connectivity index (χ0) is 19.7. The molecule has 1 fully saturated rings. The molecule has 1 amide bonds. The summed E-state index contributed by atoms with van der Waals surface area (Å²) in [6.07, 6.45) is 1.73. The van der Waals surface area contributed by atoms with Crippen molar-refractivity contribution in [3.63, 3.8) is 0 Å². The standard InChI is InChI=1S/C22H23FN2O3/c1-27-18-10-16(11-19(13-18)28-2)22(26)25-7-5-14(6-8-25)21-12-15-9-17(23)3-4-20(15)24-21/h3-4,9-14,24H,5-8H2,1-2H3. The van der Waals surface area contributed by atoms with Crippen LogP contribution in [0.15, 0.2) is 42.5 Å². The lowest BCUT2D eigenvalue weighted by Gasteiger charge is -2.31. The highest BCUT2D eigenvalue weighted by Gasteiger charge is 2.26. The molecule has 4 rings (SSSR count). The summed E-state index contributed by atoms with van der Waals surface area (Å²) in [6, 6.07) is 12.0. The van der Waals surface area contributed by atoms with Gasteiger partial charge in [0.05, 0.1) is 14.2 Å². The van der Waals surface area contributed by atoms with Gasteiger partial charge in [0.15, 0.2) is 0 Å². The molecule has 0 atom stereocenters.